The zero-order valence-electron chi connectivity index (χ0n) is 13.1. The Morgan fingerprint density at radius 1 is 1.00 bits per heavy atom. The monoisotopic (exact) mass is 300 g/mol. The summed E-state index contributed by atoms with van der Waals surface area (Å²) in [7, 11) is 0. The van der Waals surface area contributed by atoms with Gasteiger partial charge in [-0.05, 0) is 33.6 Å². The van der Waals surface area contributed by atoms with Crippen LogP contribution in [0.4, 0.5) is 0 Å². The second-order valence-electron chi connectivity index (χ2n) is 5.40. The molecule has 0 amide bonds. The molecule has 120 valence electrons. The number of rotatable bonds is 8. The maximum absolute atomic E-state index is 11.5. The molecule has 0 saturated carbocycles. The van der Waals surface area contributed by atoms with Crippen LogP contribution in [-0.4, -0.2) is 33.7 Å². The number of ether oxygens (including phenoxy) is 2. The summed E-state index contributed by atoms with van der Waals surface area (Å²) in [5.41, 5.74) is -0.997. The van der Waals surface area contributed by atoms with E-state index in [1.165, 1.54) is 13.8 Å². The van der Waals surface area contributed by atoms with E-state index in [2.05, 4.69) is 13.2 Å². The zero-order chi connectivity index (χ0) is 16.8. The Hall–Kier alpha value is -1.66. The van der Waals surface area contributed by atoms with Gasteiger partial charge in [-0.25, -0.2) is 9.59 Å². The van der Waals surface area contributed by atoms with E-state index in [1.54, 1.807) is 13.8 Å². The molecule has 0 fully saturated rings. The van der Waals surface area contributed by atoms with Crippen LogP contribution in [-0.2, 0) is 19.1 Å². The SMILES string of the molecule is C=C(C)C(=O)OC(O)(CCC(C)(O)CC)OC(=O)C(=C)C. The quantitative estimate of drug-likeness (QED) is 0.403. The molecule has 0 rings (SSSR count). The van der Waals surface area contributed by atoms with Gasteiger partial charge < -0.3 is 19.7 Å². The third kappa shape index (κ3) is 7.06. The molecule has 0 aromatic carbocycles. The maximum Gasteiger partial charge on any atom is 0.373 e. The first-order chi connectivity index (χ1) is 9.42. The van der Waals surface area contributed by atoms with Crippen molar-refractivity contribution >= 4 is 11.9 Å². The van der Waals surface area contributed by atoms with Crippen LogP contribution >= 0.6 is 0 Å². The largest absolute Gasteiger partial charge is 0.395 e. The molecule has 0 aromatic rings. The summed E-state index contributed by atoms with van der Waals surface area (Å²) >= 11 is 0. The molecule has 21 heavy (non-hydrogen) atoms. The highest BCUT2D eigenvalue weighted by Gasteiger charge is 2.38. The fourth-order valence-corrected chi connectivity index (χ4v) is 1.19. The normalized spacial score (nSPS) is 14.0. The van der Waals surface area contributed by atoms with Crippen molar-refractivity contribution in [3.8, 4) is 0 Å². The lowest BCUT2D eigenvalue weighted by molar-refractivity contribution is -0.327. The van der Waals surface area contributed by atoms with Crippen LogP contribution in [0.2, 0.25) is 0 Å². The van der Waals surface area contributed by atoms with Crippen molar-refractivity contribution in [3.63, 3.8) is 0 Å². The molecule has 0 spiro atoms. The molecule has 0 aliphatic rings. The first-order valence-electron chi connectivity index (χ1n) is 6.65. The minimum Gasteiger partial charge on any atom is -0.395 e. The fourth-order valence-electron chi connectivity index (χ4n) is 1.19. The van der Waals surface area contributed by atoms with E-state index in [1.807, 2.05) is 0 Å². The van der Waals surface area contributed by atoms with Crippen LogP contribution in [0.25, 0.3) is 0 Å². The van der Waals surface area contributed by atoms with Gasteiger partial charge >= 0.3 is 17.9 Å². The van der Waals surface area contributed by atoms with Gasteiger partial charge in [-0.1, -0.05) is 20.1 Å². The van der Waals surface area contributed by atoms with Gasteiger partial charge in [0.25, 0.3) is 0 Å². The second kappa shape index (κ2) is 7.38. The maximum atomic E-state index is 11.5. The molecule has 2 N–H and O–H groups in total. The molecule has 0 bridgehead atoms. The predicted octanol–water partition coefficient (Wildman–Crippen LogP) is 1.81. The summed E-state index contributed by atoms with van der Waals surface area (Å²) in [6.07, 6.45) is 0.213. The predicted molar refractivity (Wildman–Crippen MR) is 76.9 cm³/mol. The van der Waals surface area contributed by atoms with E-state index in [0.717, 1.165) is 0 Å². The smallest absolute Gasteiger partial charge is 0.373 e. The van der Waals surface area contributed by atoms with E-state index in [9.17, 15) is 19.8 Å². The van der Waals surface area contributed by atoms with Gasteiger partial charge in [0.2, 0.25) is 0 Å². The molecule has 0 aromatic heterocycles. The first kappa shape index (κ1) is 19.3. The molecule has 0 radical (unpaired) electrons. The Balaban J connectivity index is 5.07. The molecular weight excluding hydrogens is 276 g/mol. The minimum atomic E-state index is -2.47. The highest BCUT2D eigenvalue weighted by atomic mass is 16.8. The summed E-state index contributed by atoms with van der Waals surface area (Å²) in [6.45, 7) is 12.9. The van der Waals surface area contributed by atoms with Crippen LogP contribution in [0.15, 0.2) is 24.3 Å². The zero-order valence-corrected chi connectivity index (χ0v) is 13.1. The van der Waals surface area contributed by atoms with Gasteiger partial charge in [0, 0.05) is 11.1 Å². The molecule has 0 aliphatic heterocycles. The van der Waals surface area contributed by atoms with Crippen molar-refractivity contribution in [2.75, 3.05) is 0 Å². The number of hydrogen-bond acceptors (Lipinski definition) is 6. The summed E-state index contributed by atoms with van der Waals surface area (Å²) in [5.74, 6) is -4.27. The molecule has 0 heterocycles. The summed E-state index contributed by atoms with van der Waals surface area (Å²) in [4.78, 5) is 23.1. The van der Waals surface area contributed by atoms with Gasteiger partial charge in [-0.15, -0.1) is 0 Å². The number of carbonyl (C=O) groups is 2. The number of esters is 2. The standard InChI is InChI=1S/C15H24O6/c1-7-14(6,18)8-9-15(19,20-12(16)10(2)3)21-13(17)11(4)5/h18-19H,2,4,7-9H2,1,3,5-6H3. The van der Waals surface area contributed by atoms with Crippen LogP contribution in [0, 0.1) is 0 Å². The van der Waals surface area contributed by atoms with E-state index < -0.39 is 23.5 Å². The van der Waals surface area contributed by atoms with Gasteiger partial charge in [0.05, 0.1) is 12.0 Å². The van der Waals surface area contributed by atoms with Gasteiger partial charge in [-0.3, -0.25) is 0 Å². The third-order valence-corrected chi connectivity index (χ3v) is 2.94. The molecule has 6 nitrogen and oxygen atoms in total. The number of carbonyl (C=O) groups excluding carboxylic acids is 2. The second-order valence-corrected chi connectivity index (χ2v) is 5.40. The first-order valence-corrected chi connectivity index (χ1v) is 6.65. The van der Waals surface area contributed by atoms with Crippen molar-refractivity contribution in [1.29, 1.82) is 0 Å². The van der Waals surface area contributed by atoms with Crippen LogP contribution in [0.5, 0.6) is 0 Å². The Morgan fingerprint density at radius 3 is 1.67 bits per heavy atom. The lowest BCUT2D eigenvalue weighted by Gasteiger charge is -2.30. The van der Waals surface area contributed by atoms with E-state index in [4.69, 9.17) is 9.47 Å². The van der Waals surface area contributed by atoms with Crippen molar-refractivity contribution < 1.29 is 29.3 Å². The van der Waals surface area contributed by atoms with E-state index in [0.29, 0.717) is 6.42 Å². The summed E-state index contributed by atoms with van der Waals surface area (Å²) in [5, 5.41) is 20.2. The number of aliphatic hydroxyl groups is 2. The van der Waals surface area contributed by atoms with Gasteiger partial charge in [0.15, 0.2) is 0 Å². The Labute approximate surface area is 125 Å². The van der Waals surface area contributed by atoms with Crippen molar-refractivity contribution in [2.24, 2.45) is 0 Å². The van der Waals surface area contributed by atoms with Crippen molar-refractivity contribution in [1.82, 2.24) is 0 Å². The molecule has 0 saturated heterocycles. The fraction of sp³-hybridized carbons (Fsp3) is 0.600. The van der Waals surface area contributed by atoms with E-state index >= 15 is 0 Å². The Bertz CT molecular complexity index is 407. The van der Waals surface area contributed by atoms with Crippen LogP contribution in [0.3, 0.4) is 0 Å². The Kier molecular flexibility index (Phi) is 6.79. The highest BCUT2D eigenvalue weighted by Crippen LogP contribution is 2.26. The minimum absolute atomic E-state index is 0.0436. The molecule has 1 atom stereocenters. The van der Waals surface area contributed by atoms with Crippen molar-refractivity contribution in [2.45, 2.75) is 58.5 Å². The van der Waals surface area contributed by atoms with Gasteiger partial charge in [-0.2, -0.15) is 0 Å². The number of hydrogen-bond donors (Lipinski definition) is 2. The molecule has 0 aliphatic carbocycles. The lowest BCUT2D eigenvalue weighted by Crippen LogP contribution is -2.42. The third-order valence-electron chi connectivity index (χ3n) is 2.94. The lowest BCUT2D eigenvalue weighted by atomic mass is 9.96. The van der Waals surface area contributed by atoms with Crippen LogP contribution in [0.1, 0.15) is 47.0 Å². The molecular formula is C15H24O6. The average Bonchev–Trinajstić information content (AvgIpc) is 2.36. The van der Waals surface area contributed by atoms with Crippen LogP contribution < -0.4 is 0 Å². The molecule has 6 heteroatoms. The topological polar surface area (TPSA) is 93.1 Å². The van der Waals surface area contributed by atoms with Crippen molar-refractivity contribution in [3.05, 3.63) is 24.3 Å². The molecule has 1 unspecified atom stereocenters. The van der Waals surface area contributed by atoms with E-state index in [-0.39, 0.29) is 24.0 Å². The van der Waals surface area contributed by atoms with Gasteiger partial charge in [0.1, 0.15) is 0 Å². The highest BCUT2D eigenvalue weighted by molar-refractivity contribution is 5.88. The average molecular weight is 300 g/mol. The summed E-state index contributed by atoms with van der Waals surface area (Å²) < 4.78 is 9.56. The summed E-state index contributed by atoms with van der Waals surface area (Å²) in [6, 6.07) is 0. The Morgan fingerprint density at radius 2 is 1.38 bits per heavy atom.